The Morgan fingerprint density at radius 2 is 2.18 bits per heavy atom. The molecule has 2 heterocycles. The van der Waals surface area contributed by atoms with Crippen LogP contribution in [0.15, 0.2) is 18.5 Å². The zero-order chi connectivity index (χ0) is 16.5. The molecule has 2 rings (SSSR count). The molecule has 1 saturated heterocycles. The van der Waals surface area contributed by atoms with Gasteiger partial charge in [0.05, 0.1) is 6.10 Å². The fraction of sp³-hybridized carbons (Fsp3) is 0.533. The number of piperidine rings is 1. The van der Waals surface area contributed by atoms with Crippen LogP contribution in [-0.2, 0) is 4.79 Å². The molecule has 1 aliphatic heterocycles. The number of carbonyl (C=O) groups excluding carboxylic acids is 1. The van der Waals surface area contributed by atoms with E-state index in [9.17, 15) is 9.90 Å². The number of nitrogens with zero attached hydrogens (tertiary/aromatic N) is 1. The monoisotopic (exact) mass is 309 g/mol. The lowest BCUT2D eigenvalue weighted by Gasteiger charge is -2.28. The maximum atomic E-state index is 12.0. The molecule has 0 saturated carbocycles. The first-order valence-electron chi connectivity index (χ1n) is 7.19. The van der Waals surface area contributed by atoms with E-state index < -0.39 is 5.97 Å². The predicted octanol–water partition coefficient (Wildman–Crippen LogP) is 0.181. The molecular weight excluding hydrogens is 286 g/mol. The molecular formula is C15H23N3O4. The van der Waals surface area contributed by atoms with E-state index in [1.165, 1.54) is 0 Å². The highest BCUT2D eigenvalue weighted by molar-refractivity contribution is 5.95. The Balaban J connectivity index is 0.000000541. The lowest BCUT2D eigenvalue weighted by molar-refractivity contribution is -0.134. The number of β-amino-alcohol motifs (C(OH)–C–C–N with tert-alkyl or cyclic N) is 1. The van der Waals surface area contributed by atoms with E-state index in [2.05, 4.69) is 15.6 Å². The highest BCUT2D eigenvalue weighted by Gasteiger charge is 2.23. The van der Waals surface area contributed by atoms with Gasteiger partial charge in [0.1, 0.15) is 0 Å². The van der Waals surface area contributed by atoms with Crippen LogP contribution in [0.4, 0.5) is 0 Å². The van der Waals surface area contributed by atoms with Crippen LogP contribution in [-0.4, -0.2) is 52.8 Å². The number of aliphatic hydroxyl groups excluding tert-OH is 1. The highest BCUT2D eigenvalue weighted by Crippen LogP contribution is 2.12. The van der Waals surface area contributed by atoms with Gasteiger partial charge in [0.25, 0.3) is 11.9 Å². The average molecular weight is 309 g/mol. The molecule has 1 aromatic rings. The number of aryl methyl sites for hydroxylation is 1. The molecule has 1 fully saturated rings. The van der Waals surface area contributed by atoms with Crippen LogP contribution in [0.25, 0.3) is 0 Å². The van der Waals surface area contributed by atoms with Crippen molar-refractivity contribution in [2.75, 3.05) is 19.6 Å². The third-order valence-corrected chi connectivity index (χ3v) is 3.38. The van der Waals surface area contributed by atoms with E-state index >= 15 is 0 Å². The zero-order valence-corrected chi connectivity index (χ0v) is 12.9. The quantitative estimate of drug-likeness (QED) is 0.634. The van der Waals surface area contributed by atoms with Crippen LogP contribution in [0.5, 0.6) is 0 Å². The van der Waals surface area contributed by atoms with Gasteiger partial charge in [-0.05, 0) is 31.5 Å². The number of hydrogen-bond acceptors (Lipinski definition) is 5. The number of pyridine rings is 1. The normalized spacial score (nSPS) is 20.5. The summed E-state index contributed by atoms with van der Waals surface area (Å²) in [5.74, 6) is -0.794. The Morgan fingerprint density at radius 1 is 1.50 bits per heavy atom. The lowest BCUT2D eigenvalue weighted by atomic mass is 9.95. The van der Waals surface area contributed by atoms with Crippen molar-refractivity contribution in [2.24, 2.45) is 5.92 Å². The number of aliphatic hydroxyl groups is 1. The maximum absolute atomic E-state index is 12.0. The molecule has 1 aromatic heterocycles. The van der Waals surface area contributed by atoms with Crippen LogP contribution < -0.4 is 10.6 Å². The first-order chi connectivity index (χ1) is 10.4. The number of carboxylic acids is 1. The van der Waals surface area contributed by atoms with Crippen molar-refractivity contribution in [3.05, 3.63) is 29.6 Å². The van der Waals surface area contributed by atoms with Gasteiger partial charge in [-0.25, -0.2) is 0 Å². The van der Waals surface area contributed by atoms with Gasteiger partial charge in [0.2, 0.25) is 0 Å². The van der Waals surface area contributed by atoms with Crippen LogP contribution in [0.1, 0.15) is 29.3 Å². The summed E-state index contributed by atoms with van der Waals surface area (Å²) in [6.45, 7) is 4.96. The van der Waals surface area contributed by atoms with E-state index in [1.54, 1.807) is 18.5 Å². The standard InChI is InChI=1S/C13H19N3O2.C2H4O2/c1-9-6-14-5-3-11(9)13(18)16-7-10-2-4-15-8-12(10)17;1-2(3)4/h3,5-6,10,12,15,17H,2,4,7-8H2,1H3,(H,16,18);1H3,(H,3,4)/t10-,12+;/m0./s1. The first kappa shape index (κ1) is 18.1. The summed E-state index contributed by atoms with van der Waals surface area (Å²) >= 11 is 0. The Labute approximate surface area is 129 Å². The molecule has 2 atom stereocenters. The van der Waals surface area contributed by atoms with Gasteiger partial charge in [-0.3, -0.25) is 14.6 Å². The largest absolute Gasteiger partial charge is 0.481 e. The van der Waals surface area contributed by atoms with E-state index in [0.29, 0.717) is 18.7 Å². The van der Waals surface area contributed by atoms with E-state index in [-0.39, 0.29) is 17.9 Å². The summed E-state index contributed by atoms with van der Waals surface area (Å²) in [5, 5.41) is 23.2. The first-order valence-corrected chi connectivity index (χ1v) is 7.19. The molecule has 0 bridgehead atoms. The predicted molar refractivity (Wildman–Crippen MR) is 81.6 cm³/mol. The minimum Gasteiger partial charge on any atom is -0.481 e. The molecule has 22 heavy (non-hydrogen) atoms. The number of carboxylic acid groups (broad SMARTS) is 1. The second-order valence-corrected chi connectivity index (χ2v) is 5.24. The fourth-order valence-corrected chi connectivity index (χ4v) is 2.18. The highest BCUT2D eigenvalue weighted by atomic mass is 16.4. The van der Waals surface area contributed by atoms with Crippen LogP contribution >= 0.6 is 0 Å². The molecule has 1 aliphatic rings. The molecule has 0 radical (unpaired) electrons. The van der Waals surface area contributed by atoms with E-state index in [0.717, 1.165) is 25.5 Å². The lowest BCUT2D eigenvalue weighted by Crippen LogP contribution is -2.45. The molecule has 7 heteroatoms. The smallest absolute Gasteiger partial charge is 0.300 e. The van der Waals surface area contributed by atoms with Crippen molar-refractivity contribution in [3.8, 4) is 0 Å². The number of rotatable bonds is 3. The fourth-order valence-electron chi connectivity index (χ4n) is 2.18. The second-order valence-electron chi connectivity index (χ2n) is 5.24. The number of aromatic nitrogens is 1. The minimum absolute atomic E-state index is 0.0966. The van der Waals surface area contributed by atoms with Crippen molar-refractivity contribution >= 4 is 11.9 Å². The number of nitrogens with one attached hydrogen (secondary N) is 2. The number of amides is 1. The van der Waals surface area contributed by atoms with Crippen molar-refractivity contribution in [1.82, 2.24) is 15.6 Å². The summed E-state index contributed by atoms with van der Waals surface area (Å²) in [5.41, 5.74) is 1.51. The zero-order valence-electron chi connectivity index (χ0n) is 12.9. The maximum Gasteiger partial charge on any atom is 0.300 e. The van der Waals surface area contributed by atoms with Crippen molar-refractivity contribution in [3.63, 3.8) is 0 Å². The Bertz CT molecular complexity index is 503. The van der Waals surface area contributed by atoms with Crippen LogP contribution in [0.2, 0.25) is 0 Å². The molecule has 1 amide bonds. The minimum atomic E-state index is -0.833. The second kappa shape index (κ2) is 9.11. The van der Waals surface area contributed by atoms with Crippen molar-refractivity contribution < 1.29 is 19.8 Å². The topological polar surface area (TPSA) is 112 Å². The summed E-state index contributed by atoms with van der Waals surface area (Å²) in [4.78, 5) is 24.9. The van der Waals surface area contributed by atoms with Crippen LogP contribution in [0.3, 0.4) is 0 Å². The SMILES string of the molecule is CC(=O)O.Cc1cnccc1C(=O)NC[C@@H]1CCNC[C@H]1O. The third-order valence-electron chi connectivity index (χ3n) is 3.38. The summed E-state index contributed by atoms with van der Waals surface area (Å²) in [6.07, 6.45) is 3.80. The van der Waals surface area contributed by atoms with Crippen LogP contribution in [0, 0.1) is 12.8 Å². The molecule has 122 valence electrons. The summed E-state index contributed by atoms with van der Waals surface area (Å²) in [7, 11) is 0. The molecule has 0 aromatic carbocycles. The Kier molecular flexibility index (Phi) is 7.48. The number of aliphatic carboxylic acids is 1. The molecule has 4 N–H and O–H groups in total. The molecule has 0 aliphatic carbocycles. The van der Waals surface area contributed by atoms with E-state index in [4.69, 9.17) is 9.90 Å². The number of hydrogen-bond donors (Lipinski definition) is 4. The Hall–Kier alpha value is -1.99. The summed E-state index contributed by atoms with van der Waals surface area (Å²) < 4.78 is 0. The van der Waals surface area contributed by atoms with Crippen molar-refractivity contribution in [1.29, 1.82) is 0 Å². The van der Waals surface area contributed by atoms with Gasteiger partial charge < -0.3 is 20.8 Å². The van der Waals surface area contributed by atoms with Gasteiger partial charge >= 0.3 is 0 Å². The summed E-state index contributed by atoms with van der Waals surface area (Å²) in [6, 6.07) is 1.71. The van der Waals surface area contributed by atoms with Gasteiger partial charge in [-0.1, -0.05) is 0 Å². The van der Waals surface area contributed by atoms with Crippen molar-refractivity contribution in [2.45, 2.75) is 26.4 Å². The van der Waals surface area contributed by atoms with Gasteiger partial charge in [0.15, 0.2) is 0 Å². The van der Waals surface area contributed by atoms with Gasteiger partial charge in [-0.15, -0.1) is 0 Å². The molecule has 7 nitrogen and oxygen atoms in total. The average Bonchev–Trinajstić information content (AvgIpc) is 2.46. The molecule has 0 spiro atoms. The third kappa shape index (κ3) is 6.19. The molecule has 0 unspecified atom stereocenters. The van der Waals surface area contributed by atoms with E-state index in [1.807, 2.05) is 6.92 Å². The van der Waals surface area contributed by atoms with Gasteiger partial charge in [0, 0.05) is 43.9 Å². The number of carbonyl (C=O) groups is 2. The Morgan fingerprint density at radius 3 is 2.77 bits per heavy atom. The van der Waals surface area contributed by atoms with Gasteiger partial charge in [-0.2, -0.15) is 0 Å².